The average molecular weight is 318 g/mol. The van der Waals surface area contributed by atoms with Crippen LogP contribution in [-0.2, 0) is 4.74 Å². The molecule has 1 aromatic rings. The molecule has 0 aliphatic carbocycles. The Morgan fingerprint density at radius 3 is 2.56 bits per heavy atom. The number of halogens is 1. The van der Waals surface area contributed by atoms with Crippen LogP contribution in [0.25, 0.3) is 0 Å². The van der Waals surface area contributed by atoms with E-state index in [0.29, 0.717) is 13.2 Å². The van der Waals surface area contributed by atoms with Crippen molar-refractivity contribution in [3.63, 3.8) is 0 Å². The zero-order valence-corrected chi connectivity index (χ0v) is 11.6. The molecule has 1 aromatic carbocycles. The zero-order chi connectivity index (χ0) is 13.5. The van der Waals surface area contributed by atoms with E-state index in [0.717, 1.165) is 6.42 Å². The van der Waals surface area contributed by atoms with Crippen LogP contribution in [0.4, 0.5) is 0 Å². The number of benzene rings is 1. The second-order valence-electron chi connectivity index (χ2n) is 3.84. The van der Waals surface area contributed by atoms with E-state index >= 15 is 0 Å². The van der Waals surface area contributed by atoms with Gasteiger partial charge in [-0.3, -0.25) is 4.79 Å². The van der Waals surface area contributed by atoms with Crippen molar-refractivity contribution in [2.24, 2.45) is 0 Å². The topological polar surface area (TPSA) is 78.8 Å². The summed E-state index contributed by atoms with van der Waals surface area (Å²) in [5.41, 5.74) is 0.227. The van der Waals surface area contributed by atoms with Gasteiger partial charge in [0.2, 0.25) is 0 Å². The Hall–Kier alpha value is -1.27. The number of carbonyl (C=O) groups excluding carboxylic acids is 1. The largest absolute Gasteiger partial charge is 0.508 e. The highest BCUT2D eigenvalue weighted by atomic mass is 79.9. The molecule has 1 unspecified atom stereocenters. The van der Waals surface area contributed by atoms with Crippen LogP contribution in [0.1, 0.15) is 16.8 Å². The monoisotopic (exact) mass is 317 g/mol. The summed E-state index contributed by atoms with van der Waals surface area (Å²) in [6, 6.07) is 3.77. The maximum Gasteiger partial charge on any atom is 0.251 e. The summed E-state index contributed by atoms with van der Waals surface area (Å²) in [5.74, 6) is -0.617. The van der Waals surface area contributed by atoms with Crippen LogP contribution in [0.5, 0.6) is 11.5 Å². The fourth-order valence-electron chi connectivity index (χ4n) is 1.43. The molecule has 5 nitrogen and oxygen atoms in total. The van der Waals surface area contributed by atoms with Gasteiger partial charge in [0.25, 0.3) is 5.91 Å². The van der Waals surface area contributed by atoms with E-state index in [1.165, 1.54) is 18.2 Å². The van der Waals surface area contributed by atoms with Gasteiger partial charge in [-0.25, -0.2) is 0 Å². The quantitative estimate of drug-likeness (QED) is 0.697. The van der Waals surface area contributed by atoms with E-state index < -0.39 is 0 Å². The molecule has 0 bridgehead atoms. The minimum atomic E-state index is -0.335. The molecule has 0 saturated heterocycles. The molecule has 0 aromatic heterocycles. The first-order chi connectivity index (χ1) is 8.52. The van der Waals surface area contributed by atoms with E-state index in [4.69, 9.17) is 4.74 Å². The van der Waals surface area contributed by atoms with Gasteiger partial charge < -0.3 is 20.3 Å². The summed E-state index contributed by atoms with van der Waals surface area (Å²) in [7, 11) is 1.61. The zero-order valence-electron chi connectivity index (χ0n) is 10.0. The lowest BCUT2D eigenvalue weighted by atomic mass is 10.2. The summed E-state index contributed by atoms with van der Waals surface area (Å²) < 4.78 is 4.95. The maximum absolute atomic E-state index is 11.7. The molecule has 1 rings (SSSR count). The van der Waals surface area contributed by atoms with Crippen molar-refractivity contribution in [1.29, 1.82) is 0 Å². The highest BCUT2D eigenvalue weighted by molar-refractivity contribution is 9.09. The van der Waals surface area contributed by atoms with Gasteiger partial charge in [0.15, 0.2) is 0 Å². The molecule has 0 spiro atoms. The first kappa shape index (κ1) is 14.8. The Morgan fingerprint density at radius 1 is 1.39 bits per heavy atom. The Balaban J connectivity index is 2.45. The van der Waals surface area contributed by atoms with E-state index in [-0.39, 0.29) is 27.8 Å². The molecular weight excluding hydrogens is 302 g/mol. The first-order valence-electron chi connectivity index (χ1n) is 5.47. The molecular formula is C12H16BrNO4. The fourth-order valence-corrected chi connectivity index (χ4v) is 1.93. The molecule has 0 radical (unpaired) electrons. The van der Waals surface area contributed by atoms with Gasteiger partial charge in [-0.1, -0.05) is 15.9 Å². The van der Waals surface area contributed by atoms with Crippen LogP contribution in [0, 0.1) is 0 Å². The molecule has 100 valence electrons. The van der Waals surface area contributed by atoms with Crippen molar-refractivity contribution in [2.45, 2.75) is 11.2 Å². The lowest BCUT2D eigenvalue weighted by molar-refractivity contribution is 0.0951. The summed E-state index contributed by atoms with van der Waals surface area (Å²) >= 11 is 3.41. The minimum absolute atomic E-state index is 0.141. The highest BCUT2D eigenvalue weighted by Crippen LogP contribution is 2.20. The van der Waals surface area contributed by atoms with Crippen molar-refractivity contribution in [3.8, 4) is 11.5 Å². The van der Waals surface area contributed by atoms with Gasteiger partial charge in [-0.2, -0.15) is 0 Å². The molecule has 0 heterocycles. The van der Waals surface area contributed by atoms with Gasteiger partial charge in [-0.15, -0.1) is 0 Å². The summed E-state index contributed by atoms with van der Waals surface area (Å²) in [5, 5.41) is 21.2. The predicted octanol–water partition coefficient (Wildman–Crippen LogP) is 1.63. The highest BCUT2D eigenvalue weighted by Gasteiger charge is 2.09. The number of aromatic hydroxyl groups is 2. The normalized spacial score (nSPS) is 12.1. The van der Waals surface area contributed by atoms with E-state index in [9.17, 15) is 15.0 Å². The fraction of sp³-hybridized carbons (Fsp3) is 0.417. The van der Waals surface area contributed by atoms with Crippen LogP contribution in [0.15, 0.2) is 18.2 Å². The number of alkyl halides is 1. The van der Waals surface area contributed by atoms with E-state index in [2.05, 4.69) is 21.2 Å². The lowest BCUT2D eigenvalue weighted by Gasteiger charge is -2.09. The van der Waals surface area contributed by atoms with Crippen molar-refractivity contribution in [1.82, 2.24) is 5.32 Å². The second-order valence-corrected chi connectivity index (χ2v) is 5.13. The van der Waals surface area contributed by atoms with Gasteiger partial charge in [0.1, 0.15) is 11.5 Å². The number of rotatable bonds is 6. The van der Waals surface area contributed by atoms with Gasteiger partial charge in [0, 0.05) is 30.1 Å². The Morgan fingerprint density at radius 2 is 2.00 bits per heavy atom. The van der Waals surface area contributed by atoms with Crippen molar-refractivity contribution in [3.05, 3.63) is 23.8 Å². The Bertz CT molecular complexity index is 391. The van der Waals surface area contributed by atoms with Gasteiger partial charge >= 0.3 is 0 Å². The third kappa shape index (κ3) is 4.93. The van der Waals surface area contributed by atoms with Crippen LogP contribution in [0.3, 0.4) is 0 Å². The van der Waals surface area contributed by atoms with Crippen LogP contribution in [0.2, 0.25) is 0 Å². The molecule has 1 amide bonds. The van der Waals surface area contributed by atoms with Gasteiger partial charge in [-0.05, 0) is 18.6 Å². The molecule has 0 fully saturated rings. The molecule has 0 saturated carbocycles. The second kappa shape index (κ2) is 7.23. The third-order valence-corrected chi connectivity index (χ3v) is 2.98. The standard InChI is InChI=1S/C12H16BrNO4/c1-18-7-9(13)2-3-14-12(17)8-4-10(15)6-11(16)5-8/h4-6,9,15-16H,2-3,7H2,1H3,(H,14,17). The lowest BCUT2D eigenvalue weighted by Crippen LogP contribution is -2.26. The predicted molar refractivity (Wildman–Crippen MR) is 71.3 cm³/mol. The molecule has 0 aliphatic heterocycles. The number of carbonyl (C=O) groups is 1. The maximum atomic E-state index is 11.7. The number of amides is 1. The van der Waals surface area contributed by atoms with E-state index in [1.54, 1.807) is 7.11 Å². The number of nitrogens with one attached hydrogen (secondary N) is 1. The smallest absolute Gasteiger partial charge is 0.251 e. The molecule has 0 aliphatic rings. The SMILES string of the molecule is COCC(Br)CCNC(=O)c1cc(O)cc(O)c1. The van der Waals surface area contributed by atoms with Crippen LogP contribution in [-0.4, -0.2) is 41.2 Å². The molecule has 3 N–H and O–H groups in total. The number of ether oxygens (including phenoxy) is 1. The van der Waals surface area contributed by atoms with Crippen LogP contribution < -0.4 is 5.32 Å². The summed E-state index contributed by atoms with van der Waals surface area (Å²) in [6.45, 7) is 1.05. The van der Waals surface area contributed by atoms with Crippen molar-refractivity contribution < 1.29 is 19.7 Å². The molecule has 18 heavy (non-hydrogen) atoms. The number of phenols is 2. The van der Waals surface area contributed by atoms with Gasteiger partial charge in [0.05, 0.1) is 6.61 Å². The number of hydrogen-bond donors (Lipinski definition) is 3. The number of hydrogen-bond acceptors (Lipinski definition) is 4. The van der Waals surface area contributed by atoms with Crippen molar-refractivity contribution >= 4 is 21.8 Å². The minimum Gasteiger partial charge on any atom is -0.508 e. The van der Waals surface area contributed by atoms with Crippen molar-refractivity contribution in [2.75, 3.05) is 20.3 Å². The number of phenolic OH excluding ortho intramolecular Hbond substituents is 2. The van der Waals surface area contributed by atoms with E-state index in [1.807, 2.05) is 0 Å². The summed E-state index contributed by atoms with van der Waals surface area (Å²) in [4.78, 5) is 11.9. The first-order valence-corrected chi connectivity index (χ1v) is 6.38. The summed E-state index contributed by atoms with van der Waals surface area (Å²) in [6.07, 6.45) is 0.727. The molecule has 6 heteroatoms. The Labute approximate surface area is 114 Å². The number of methoxy groups -OCH3 is 1. The van der Waals surface area contributed by atoms with Crippen LogP contribution >= 0.6 is 15.9 Å². The Kier molecular flexibility index (Phi) is 5.94. The third-order valence-electron chi connectivity index (χ3n) is 2.26. The average Bonchev–Trinajstić information content (AvgIpc) is 2.27. The molecule has 1 atom stereocenters.